The highest BCUT2D eigenvalue weighted by atomic mass is 32.2. The van der Waals surface area contributed by atoms with Gasteiger partial charge in [0.1, 0.15) is 5.54 Å². The van der Waals surface area contributed by atoms with E-state index in [1.165, 1.54) is 5.01 Å². The molecule has 1 heterocycles. The second-order valence-electron chi connectivity index (χ2n) is 5.08. The predicted octanol–water partition coefficient (Wildman–Crippen LogP) is 0.634. The summed E-state index contributed by atoms with van der Waals surface area (Å²) in [6.07, 6.45) is 0. The molecule has 1 aliphatic heterocycles. The molecule has 1 unspecified atom stereocenters. The molecule has 1 amide bonds. The Bertz CT molecular complexity index is 695. The number of hydrogen-bond acceptors (Lipinski definition) is 5. The van der Waals surface area contributed by atoms with Gasteiger partial charge in [0, 0.05) is 12.6 Å². The molecule has 7 heteroatoms. The molecule has 1 atom stereocenters. The van der Waals surface area contributed by atoms with Crippen LogP contribution in [0.2, 0.25) is 0 Å². The molecule has 0 saturated heterocycles. The number of carbonyl (C=O) groups is 1. The molecule has 0 radical (unpaired) electrons. The van der Waals surface area contributed by atoms with Crippen LogP contribution < -0.4 is 5.32 Å². The van der Waals surface area contributed by atoms with Gasteiger partial charge >= 0.3 is 0 Å². The first-order chi connectivity index (χ1) is 9.76. The lowest BCUT2D eigenvalue weighted by molar-refractivity contribution is -0.131. The Morgan fingerprint density at radius 2 is 1.86 bits per heavy atom. The number of hydrazone groups is 1. The van der Waals surface area contributed by atoms with E-state index in [1.54, 1.807) is 52.2 Å². The average Bonchev–Trinajstić information content (AvgIpc) is 2.72. The van der Waals surface area contributed by atoms with Crippen molar-refractivity contribution in [3.63, 3.8) is 0 Å². The molecule has 6 nitrogen and oxygen atoms in total. The lowest BCUT2D eigenvalue weighted by Gasteiger charge is -2.23. The molecule has 2 rings (SSSR count). The van der Waals surface area contributed by atoms with Crippen molar-refractivity contribution in [1.82, 2.24) is 10.3 Å². The van der Waals surface area contributed by atoms with E-state index in [0.717, 1.165) is 5.56 Å². The highest BCUT2D eigenvalue weighted by molar-refractivity contribution is 7.91. The van der Waals surface area contributed by atoms with Gasteiger partial charge in [-0.15, -0.1) is 0 Å². The van der Waals surface area contributed by atoms with E-state index in [0.29, 0.717) is 5.71 Å². The van der Waals surface area contributed by atoms with E-state index in [-0.39, 0.29) is 16.6 Å². The van der Waals surface area contributed by atoms with E-state index in [1.807, 2.05) is 0 Å². The van der Waals surface area contributed by atoms with Crippen LogP contribution in [-0.4, -0.2) is 50.4 Å². The normalized spacial score (nSPS) is 22.6. The van der Waals surface area contributed by atoms with Gasteiger partial charge in [-0.05, 0) is 26.1 Å². The maximum absolute atomic E-state index is 12.2. The first-order valence-electron chi connectivity index (χ1n) is 6.65. The maximum Gasteiger partial charge on any atom is 0.268 e. The minimum absolute atomic E-state index is 0.0583. The third-order valence-electron chi connectivity index (χ3n) is 3.81. The van der Waals surface area contributed by atoms with Crippen LogP contribution in [0.4, 0.5) is 0 Å². The molecule has 21 heavy (non-hydrogen) atoms. The highest BCUT2D eigenvalue weighted by Crippen LogP contribution is 2.24. The Balaban J connectivity index is 2.44. The fourth-order valence-electron chi connectivity index (χ4n) is 2.28. The zero-order chi connectivity index (χ0) is 15.8. The second-order valence-corrected chi connectivity index (χ2v) is 7.36. The molecule has 1 aliphatic rings. The Morgan fingerprint density at radius 1 is 1.29 bits per heavy atom. The number of amides is 1. The van der Waals surface area contributed by atoms with E-state index in [2.05, 4.69) is 10.4 Å². The second kappa shape index (κ2) is 5.23. The number of rotatable bonds is 4. The van der Waals surface area contributed by atoms with Crippen molar-refractivity contribution in [2.45, 2.75) is 24.3 Å². The Labute approximate surface area is 124 Å². The number of nitrogens with one attached hydrogen (secondary N) is 1. The molecule has 0 fully saturated rings. The van der Waals surface area contributed by atoms with E-state index in [4.69, 9.17) is 0 Å². The summed E-state index contributed by atoms with van der Waals surface area (Å²) in [7, 11) is 0.0678. The Hall–Kier alpha value is -1.73. The monoisotopic (exact) mass is 309 g/mol. The fourth-order valence-corrected chi connectivity index (χ4v) is 3.16. The molecule has 0 spiro atoms. The summed E-state index contributed by atoms with van der Waals surface area (Å²) in [6.45, 7) is 3.37. The largest absolute Gasteiger partial charge is 0.301 e. The van der Waals surface area contributed by atoms with Crippen molar-refractivity contribution in [1.29, 1.82) is 0 Å². The Kier molecular flexibility index (Phi) is 3.90. The third kappa shape index (κ3) is 2.47. The van der Waals surface area contributed by atoms with Gasteiger partial charge in [0.05, 0.1) is 16.4 Å². The standard InChI is InChI=1S/C14H19N3O3S/c1-5-21(19,20)11-8-6-10(7-9-11)12-14(2,15-3)13(18)17(4)16-12/h6-9,15H,5H2,1-4H3. The van der Waals surface area contributed by atoms with E-state index >= 15 is 0 Å². The summed E-state index contributed by atoms with van der Waals surface area (Å²) in [4.78, 5) is 12.4. The maximum atomic E-state index is 12.2. The average molecular weight is 309 g/mol. The van der Waals surface area contributed by atoms with Gasteiger partial charge in [0.25, 0.3) is 5.91 Å². The zero-order valence-corrected chi connectivity index (χ0v) is 13.4. The van der Waals surface area contributed by atoms with Gasteiger partial charge in [-0.2, -0.15) is 5.10 Å². The lowest BCUT2D eigenvalue weighted by atomic mass is 9.90. The zero-order valence-electron chi connectivity index (χ0n) is 12.5. The number of benzene rings is 1. The summed E-state index contributed by atoms with van der Waals surface area (Å²) >= 11 is 0. The summed E-state index contributed by atoms with van der Waals surface area (Å²) < 4.78 is 23.6. The molecule has 1 aromatic rings. The molecule has 114 valence electrons. The molecular weight excluding hydrogens is 290 g/mol. The number of carbonyl (C=O) groups excluding carboxylic acids is 1. The highest BCUT2D eigenvalue weighted by Gasteiger charge is 2.45. The minimum atomic E-state index is -3.23. The first-order valence-corrected chi connectivity index (χ1v) is 8.31. The summed E-state index contributed by atoms with van der Waals surface area (Å²) in [5.41, 5.74) is 0.400. The van der Waals surface area contributed by atoms with Gasteiger partial charge in [0.2, 0.25) is 0 Å². The van der Waals surface area contributed by atoms with Gasteiger partial charge in [-0.3, -0.25) is 4.79 Å². The van der Waals surface area contributed by atoms with Crippen LogP contribution in [0.1, 0.15) is 19.4 Å². The van der Waals surface area contributed by atoms with E-state index in [9.17, 15) is 13.2 Å². The summed E-state index contributed by atoms with van der Waals surface area (Å²) in [5.74, 6) is -0.0896. The van der Waals surface area contributed by atoms with Crippen LogP contribution >= 0.6 is 0 Å². The molecule has 0 aromatic heterocycles. The third-order valence-corrected chi connectivity index (χ3v) is 5.56. The van der Waals surface area contributed by atoms with Crippen LogP contribution in [-0.2, 0) is 14.6 Å². The van der Waals surface area contributed by atoms with Crippen molar-refractivity contribution in [3.8, 4) is 0 Å². The van der Waals surface area contributed by atoms with Gasteiger partial charge < -0.3 is 5.32 Å². The van der Waals surface area contributed by atoms with Crippen molar-refractivity contribution in [3.05, 3.63) is 29.8 Å². The van der Waals surface area contributed by atoms with E-state index < -0.39 is 15.4 Å². The number of hydrogen-bond donors (Lipinski definition) is 1. The summed E-state index contributed by atoms with van der Waals surface area (Å²) in [6, 6.07) is 6.47. The smallest absolute Gasteiger partial charge is 0.268 e. The summed E-state index contributed by atoms with van der Waals surface area (Å²) in [5, 5.41) is 8.54. The SMILES string of the molecule is CCS(=O)(=O)c1ccc(C2=NN(C)C(=O)C2(C)NC)cc1. The quantitative estimate of drug-likeness (QED) is 0.885. The van der Waals surface area contributed by atoms with Crippen molar-refractivity contribution in [2.24, 2.45) is 5.10 Å². The molecule has 0 aliphatic carbocycles. The molecule has 0 saturated carbocycles. The molecule has 1 aromatic carbocycles. The molecule has 1 N–H and O–H groups in total. The van der Waals surface area contributed by atoms with Crippen LogP contribution in [0.5, 0.6) is 0 Å². The topological polar surface area (TPSA) is 78.8 Å². The van der Waals surface area contributed by atoms with Crippen molar-refractivity contribution >= 4 is 21.5 Å². The molecule has 0 bridgehead atoms. The fraction of sp³-hybridized carbons (Fsp3) is 0.429. The Morgan fingerprint density at radius 3 is 2.33 bits per heavy atom. The minimum Gasteiger partial charge on any atom is -0.301 e. The first kappa shape index (κ1) is 15.7. The lowest BCUT2D eigenvalue weighted by Crippen LogP contribution is -2.53. The van der Waals surface area contributed by atoms with Crippen molar-refractivity contribution < 1.29 is 13.2 Å². The van der Waals surface area contributed by atoms with Crippen LogP contribution in [0, 0.1) is 0 Å². The number of likely N-dealkylation sites (N-methyl/N-ethyl adjacent to an activating group) is 2. The van der Waals surface area contributed by atoms with Gasteiger partial charge in [0.15, 0.2) is 9.84 Å². The number of sulfone groups is 1. The van der Waals surface area contributed by atoms with Crippen LogP contribution in [0.25, 0.3) is 0 Å². The van der Waals surface area contributed by atoms with Crippen LogP contribution in [0.15, 0.2) is 34.3 Å². The van der Waals surface area contributed by atoms with Gasteiger partial charge in [-0.25, -0.2) is 13.4 Å². The van der Waals surface area contributed by atoms with Gasteiger partial charge in [-0.1, -0.05) is 19.1 Å². The number of nitrogens with zero attached hydrogens (tertiary/aromatic N) is 2. The molecular formula is C14H19N3O3S. The van der Waals surface area contributed by atoms with Crippen molar-refractivity contribution in [2.75, 3.05) is 19.8 Å². The van der Waals surface area contributed by atoms with Crippen LogP contribution in [0.3, 0.4) is 0 Å². The predicted molar refractivity (Wildman–Crippen MR) is 80.9 cm³/mol.